The number of carbonyl (C=O) groups is 1. The Kier molecular flexibility index (Phi) is 2.90. The van der Waals surface area contributed by atoms with Gasteiger partial charge in [-0.15, -0.1) is 0 Å². The van der Waals surface area contributed by atoms with E-state index in [1.54, 1.807) is 6.07 Å². The molecule has 1 amide bonds. The van der Waals surface area contributed by atoms with E-state index in [9.17, 15) is 9.59 Å². The number of aromatic nitrogens is 4. The van der Waals surface area contributed by atoms with E-state index in [2.05, 4.69) is 20.5 Å². The van der Waals surface area contributed by atoms with Crippen molar-refractivity contribution in [1.82, 2.24) is 24.5 Å². The smallest absolute Gasteiger partial charge is 0.348 e. The van der Waals surface area contributed by atoms with Crippen molar-refractivity contribution in [3.63, 3.8) is 0 Å². The molecule has 19 heavy (non-hydrogen) atoms. The predicted molar refractivity (Wildman–Crippen MR) is 67.9 cm³/mol. The Hall–Kier alpha value is -2.38. The Morgan fingerprint density at radius 1 is 1.42 bits per heavy atom. The fraction of sp³-hybridized carbons (Fsp3) is 0.455. The number of likely N-dealkylation sites (tertiary alicyclic amines) is 1. The summed E-state index contributed by atoms with van der Waals surface area (Å²) in [4.78, 5) is 29.0. The van der Waals surface area contributed by atoms with Crippen molar-refractivity contribution in [1.29, 1.82) is 0 Å². The summed E-state index contributed by atoms with van der Waals surface area (Å²) in [5.74, 6) is 0.595. The predicted octanol–water partition coefficient (Wildman–Crippen LogP) is -0.548. The van der Waals surface area contributed by atoms with Crippen LogP contribution in [0.2, 0.25) is 0 Å². The summed E-state index contributed by atoms with van der Waals surface area (Å²) < 4.78 is 1.30. The van der Waals surface area contributed by atoms with Crippen LogP contribution in [0.15, 0.2) is 17.2 Å². The first-order valence-corrected chi connectivity index (χ1v) is 6.18. The zero-order chi connectivity index (χ0) is 13.2. The molecule has 0 saturated carbocycles. The molecule has 0 bridgehead atoms. The number of amides is 1. The van der Waals surface area contributed by atoms with E-state index in [0.717, 1.165) is 25.9 Å². The van der Waals surface area contributed by atoms with Crippen molar-refractivity contribution < 1.29 is 4.79 Å². The minimum atomic E-state index is -0.331. The molecular weight excluding hydrogens is 248 g/mol. The summed E-state index contributed by atoms with van der Waals surface area (Å²) in [5.41, 5.74) is 0.137. The van der Waals surface area contributed by atoms with Gasteiger partial charge in [0.15, 0.2) is 5.65 Å². The number of nitrogens with one attached hydrogen (secondary N) is 2. The molecule has 100 valence electrons. The SMILES string of the molecule is O=C(CNc1cc2n[nH]c(=O)n2cn1)N1CCCC1. The lowest BCUT2D eigenvalue weighted by atomic mass is 10.4. The van der Waals surface area contributed by atoms with Crippen LogP contribution in [0.4, 0.5) is 5.82 Å². The standard InChI is InChI=1S/C11H14N6O2/c18-10(16-3-1-2-4-16)6-12-8-5-9-14-15-11(19)17(9)7-13-8/h5,7,12H,1-4,6H2,(H,15,19). The van der Waals surface area contributed by atoms with Gasteiger partial charge in [0.05, 0.1) is 6.54 Å². The first-order valence-electron chi connectivity index (χ1n) is 6.18. The van der Waals surface area contributed by atoms with Crippen molar-refractivity contribution in [2.24, 2.45) is 0 Å². The molecule has 1 aliphatic rings. The van der Waals surface area contributed by atoms with E-state index in [1.807, 2.05) is 4.90 Å². The van der Waals surface area contributed by atoms with Crippen LogP contribution in [0.3, 0.4) is 0 Å². The van der Waals surface area contributed by atoms with E-state index in [1.165, 1.54) is 10.7 Å². The highest BCUT2D eigenvalue weighted by Gasteiger charge is 2.17. The molecular formula is C11H14N6O2. The molecule has 0 unspecified atom stereocenters. The number of anilines is 1. The molecule has 0 radical (unpaired) electrons. The van der Waals surface area contributed by atoms with Gasteiger partial charge in [0.2, 0.25) is 5.91 Å². The summed E-state index contributed by atoms with van der Waals surface area (Å²) in [6, 6.07) is 1.62. The monoisotopic (exact) mass is 262 g/mol. The number of fused-ring (bicyclic) bond motifs is 1. The lowest BCUT2D eigenvalue weighted by Crippen LogP contribution is -2.33. The Morgan fingerprint density at radius 3 is 3.00 bits per heavy atom. The van der Waals surface area contributed by atoms with Gasteiger partial charge in [0.1, 0.15) is 12.1 Å². The quantitative estimate of drug-likeness (QED) is 0.774. The van der Waals surface area contributed by atoms with E-state index in [0.29, 0.717) is 11.5 Å². The third kappa shape index (κ3) is 2.28. The molecule has 8 nitrogen and oxygen atoms in total. The molecule has 1 aliphatic heterocycles. The van der Waals surface area contributed by atoms with Crippen molar-refractivity contribution in [2.45, 2.75) is 12.8 Å². The van der Waals surface area contributed by atoms with Crippen LogP contribution in [0.25, 0.3) is 5.65 Å². The van der Waals surface area contributed by atoms with Crippen LogP contribution >= 0.6 is 0 Å². The Labute approximate surface area is 108 Å². The number of rotatable bonds is 3. The summed E-state index contributed by atoms with van der Waals surface area (Å²) in [6.07, 6.45) is 3.53. The van der Waals surface area contributed by atoms with Gasteiger partial charge >= 0.3 is 5.69 Å². The molecule has 0 aromatic carbocycles. The molecule has 0 atom stereocenters. The highest BCUT2D eigenvalue weighted by Crippen LogP contribution is 2.08. The van der Waals surface area contributed by atoms with Crippen LogP contribution in [-0.2, 0) is 4.79 Å². The van der Waals surface area contributed by atoms with Crippen LogP contribution in [-0.4, -0.2) is 50.0 Å². The van der Waals surface area contributed by atoms with Crippen molar-refractivity contribution in [3.8, 4) is 0 Å². The van der Waals surface area contributed by atoms with Crippen LogP contribution in [0, 0.1) is 0 Å². The van der Waals surface area contributed by atoms with Gasteiger partial charge in [-0.25, -0.2) is 19.3 Å². The molecule has 0 spiro atoms. The van der Waals surface area contributed by atoms with E-state index < -0.39 is 0 Å². The van der Waals surface area contributed by atoms with Gasteiger partial charge in [0.25, 0.3) is 0 Å². The molecule has 3 rings (SSSR count). The largest absolute Gasteiger partial charge is 0.361 e. The van der Waals surface area contributed by atoms with Gasteiger partial charge in [-0.05, 0) is 12.8 Å². The average Bonchev–Trinajstić information content (AvgIpc) is 3.06. The molecule has 8 heteroatoms. The second-order valence-corrected chi connectivity index (χ2v) is 4.47. The highest BCUT2D eigenvalue weighted by atomic mass is 16.2. The minimum absolute atomic E-state index is 0.0681. The fourth-order valence-corrected chi connectivity index (χ4v) is 2.15. The minimum Gasteiger partial charge on any atom is -0.361 e. The maximum Gasteiger partial charge on any atom is 0.348 e. The van der Waals surface area contributed by atoms with Gasteiger partial charge in [0, 0.05) is 19.2 Å². The van der Waals surface area contributed by atoms with Crippen molar-refractivity contribution in [2.75, 3.05) is 25.0 Å². The summed E-state index contributed by atoms with van der Waals surface area (Å²) in [5, 5.41) is 9.11. The summed E-state index contributed by atoms with van der Waals surface area (Å²) >= 11 is 0. The summed E-state index contributed by atoms with van der Waals surface area (Å²) in [7, 11) is 0. The molecule has 2 aromatic heterocycles. The zero-order valence-electron chi connectivity index (χ0n) is 10.3. The van der Waals surface area contributed by atoms with Crippen LogP contribution in [0.1, 0.15) is 12.8 Å². The van der Waals surface area contributed by atoms with Crippen molar-refractivity contribution >= 4 is 17.4 Å². The van der Waals surface area contributed by atoms with Crippen LogP contribution < -0.4 is 11.0 Å². The number of hydrogen-bond acceptors (Lipinski definition) is 5. The van der Waals surface area contributed by atoms with Gasteiger partial charge in [-0.3, -0.25) is 4.79 Å². The Bertz CT molecular complexity index is 654. The second kappa shape index (κ2) is 4.71. The number of H-pyrrole nitrogens is 1. The second-order valence-electron chi connectivity index (χ2n) is 4.47. The van der Waals surface area contributed by atoms with Gasteiger partial charge in [-0.2, -0.15) is 5.10 Å². The van der Waals surface area contributed by atoms with E-state index >= 15 is 0 Å². The first-order chi connectivity index (χ1) is 9.24. The van der Waals surface area contributed by atoms with Crippen molar-refractivity contribution in [3.05, 3.63) is 22.9 Å². The highest BCUT2D eigenvalue weighted by molar-refractivity contribution is 5.80. The topological polar surface area (TPSA) is 95.4 Å². The normalized spacial score (nSPS) is 15.1. The molecule has 3 heterocycles. The molecule has 2 aromatic rings. The Balaban J connectivity index is 1.67. The third-order valence-electron chi connectivity index (χ3n) is 3.19. The van der Waals surface area contributed by atoms with E-state index in [4.69, 9.17) is 0 Å². The number of hydrogen-bond donors (Lipinski definition) is 2. The molecule has 1 fully saturated rings. The number of carbonyl (C=O) groups excluding carboxylic acids is 1. The molecule has 0 aliphatic carbocycles. The summed E-state index contributed by atoms with van der Waals surface area (Å²) in [6.45, 7) is 1.88. The molecule has 2 N–H and O–H groups in total. The van der Waals surface area contributed by atoms with Gasteiger partial charge in [-0.1, -0.05) is 0 Å². The van der Waals surface area contributed by atoms with Gasteiger partial charge < -0.3 is 10.2 Å². The maximum absolute atomic E-state index is 11.8. The number of nitrogens with zero attached hydrogens (tertiary/aromatic N) is 4. The zero-order valence-corrected chi connectivity index (χ0v) is 10.3. The lowest BCUT2D eigenvalue weighted by Gasteiger charge is -2.15. The third-order valence-corrected chi connectivity index (χ3v) is 3.19. The average molecular weight is 262 g/mol. The Morgan fingerprint density at radius 2 is 2.21 bits per heavy atom. The van der Waals surface area contributed by atoms with Crippen LogP contribution in [0.5, 0.6) is 0 Å². The fourth-order valence-electron chi connectivity index (χ4n) is 2.15. The molecule has 1 saturated heterocycles. The lowest BCUT2D eigenvalue weighted by molar-refractivity contribution is -0.128. The maximum atomic E-state index is 11.8. The number of aromatic amines is 1. The van der Waals surface area contributed by atoms with E-state index in [-0.39, 0.29) is 18.1 Å². The first kappa shape index (κ1) is 11.7.